The number of benzene rings is 1. The van der Waals surface area contributed by atoms with Crippen LogP contribution in [-0.2, 0) is 19.1 Å². The van der Waals surface area contributed by atoms with E-state index in [0.717, 1.165) is 25.9 Å². The SMILES string of the molecule is CCCCOCCCNC(=O)COCC(=O)Nc1ccc(OC)cc1. The third kappa shape index (κ3) is 10.4. The fourth-order valence-corrected chi connectivity index (χ4v) is 1.91. The summed E-state index contributed by atoms with van der Waals surface area (Å²) in [6, 6.07) is 6.95. The highest BCUT2D eigenvalue weighted by Crippen LogP contribution is 2.14. The summed E-state index contributed by atoms with van der Waals surface area (Å²) in [6.45, 7) is 3.71. The molecule has 0 aliphatic carbocycles. The number of ether oxygens (including phenoxy) is 3. The quantitative estimate of drug-likeness (QED) is 0.530. The fraction of sp³-hybridized carbons (Fsp3) is 0.556. The van der Waals surface area contributed by atoms with Gasteiger partial charge in [-0.15, -0.1) is 0 Å². The van der Waals surface area contributed by atoms with Gasteiger partial charge < -0.3 is 24.8 Å². The van der Waals surface area contributed by atoms with Crippen LogP contribution in [-0.4, -0.2) is 51.9 Å². The number of anilines is 1. The smallest absolute Gasteiger partial charge is 0.250 e. The number of unbranched alkanes of at least 4 members (excludes halogenated alkanes) is 1. The number of amides is 2. The van der Waals surface area contributed by atoms with Crippen molar-refractivity contribution in [1.29, 1.82) is 0 Å². The van der Waals surface area contributed by atoms with Gasteiger partial charge in [0, 0.05) is 25.4 Å². The van der Waals surface area contributed by atoms with Gasteiger partial charge in [0.05, 0.1) is 7.11 Å². The highest BCUT2D eigenvalue weighted by atomic mass is 16.5. The molecule has 0 aliphatic rings. The Bertz CT molecular complexity index is 505. The van der Waals surface area contributed by atoms with E-state index in [1.165, 1.54) is 0 Å². The van der Waals surface area contributed by atoms with Gasteiger partial charge in [-0.2, -0.15) is 0 Å². The Hall–Kier alpha value is -2.12. The third-order valence-corrected chi connectivity index (χ3v) is 3.27. The Morgan fingerprint density at radius 3 is 2.32 bits per heavy atom. The van der Waals surface area contributed by atoms with Gasteiger partial charge in [-0.1, -0.05) is 13.3 Å². The first-order valence-corrected chi connectivity index (χ1v) is 8.51. The number of methoxy groups -OCH3 is 1. The summed E-state index contributed by atoms with van der Waals surface area (Å²) in [4.78, 5) is 23.3. The molecule has 0 saturated carbocycles. The first kappa shape index (κ1) is 20.9. The van der Waals surface area contributed by atoms with Crippen molar-refractivity contribution >= 4 is 17.5 Å². The van der Waals surface area contributed by atoms with Gasteiger partial charge in [-0.25, -0.2) is 0 Å². The lowest BCUT2D eigenvalue weighted by Gasteiger charge is -2.08. The summed E-state index contributed by atoms with van der Waals surface area (Å²) in [5.41, 5.74) is 0.641. The summed E-state index contributed by atoms with van der Waals surface area (Å²) in [7, 11) is 1.58. The molecular weight excluding hydrogens is 324 g/mol. The van der Waals surface area contributed by atoms with Gasteiger partial charge in [0.1, 0.15) is 19.0 Å². The molecule has 0 bridgehead atoms. The number of carbonyl (C=O) groups excluding carboxylic acids is 2. The van der Waals surface area contributed by atoms with Crippen molar-refractivity contribution in [1.82, 2.24) is 5.32 Å². The van der Waals surface area contributed by atoms with Crippen LogP contribution in [0.5, 0.6) is 5.75 Å². The fourth-order valence-electron chi connectivity index (χ4n) is 1.91. The Balaban J connectivity index is 2.05. The predicted octanol–water partition coefficient (Wildman–Crippen LogP) is 1.97. The van der Waals surface area contributed by atoms with Crippen LogP contribution < -0.4 is 15.4 Å². The van der Waals surface area contributed by atoms with Gasteiger partial charge >= 0.3 is 0 Å². The molecule has 0 spiro atoms. The molecule has 0 aliphatic heterocycles. The molecule has 0 saturated heterocycles. The van der Waals surface area contributed by atoms with Gasteiger partial charge in [-0.05, 0) is 37.1 Å². The molecule has 0 atom stereocenters. The van der Waals surface area contributed by atoms with Crippen LogP contribution >= 0.6 is 0 Å². The van der Waals surface area contributed by atoms with E-state index in [-0.39, 0.29) is 25.0 Å². The molecule has 7 heteroatoms. The summed E-state index contributed by atoms with van der Waals surface area (Å²) in [6.07, 6.45) is 2.92. The van der Waals surface area contributed by atoms with Crippen molar-refractivity contribution in [2.24, 2.45) is 0 Å². The van der Waals surface area contributed by atoms with Crippen molar-refractivity contribution in [3.63, 3.8) is 0 Å². The van der Waals surface area contributed by atoms with Crippen LogP contribution in [0, 0.1) is 0 Å². The first-order valence-electron chi connectivity index (χ1n) is 8.51. The highest BCUT2D eigenvalue weighted by molar-refractivity contribution is 5.91. The van der Waals surface area contributed by atoms with Crippen LogP contribution in [0.1, 0.15) is 26.2 Å². The number of hydrogen-bond acceptors (Lipinski definition) is 5. The van der Waals surface area contributed by atoms with Crippen LogP contribution in [0.25, 0.3) is 0 Å². The van der Waals surface area contributed by atoms with E-state index < -0.39 is 0 Å². The van der Waals surface area contributed by atoms with Crippen molar-refractivity contribution < 1.29 is 23.8 Å². The van der Waals surface area contributed by atoms with Gasteiger partial charge in [-0.3, -0.25) is 9.59 Å². The second kappa shape index (κ2) is 13.2. The number of nitrogens with one attached hydrogen (secondary N) is 2. The van der Waals surface area contributed by atoms with Gasteiger partial charge in [0.15, 0.2) is 0 Å². The Labute approximate surface area is 149 Å². The molecule has 0 aromatic heterocycles. The van der Waals surface area contributed by atoms with Crippen LogP contribution in [0.4, 0.5) is 5.69 Å². The molecule has 140 valence electrons. The molecule has 0 fully saturated rings. The molecule has 1 aromatic carbocycles. The minimum atomic E-state index is -0.317. The average Bonchev–Trinajstić information content (AvgIpc) is 2.61. The van der Waals surface area contributed by atoms with E-state index in [9.17, 15) is 9.59 Å². The molecular formula is C18H28N2O5. The number of hydrogen-bond donors (Lipinski definition) is 2. The van der Waals surface area contributed by atoms with Gasteiger partial charge in [0.2, 0.25) is 11.8 Å². The molecule has 0 heterocycles. The zero-order valence-corrected chi connectivity index (χ0v) is 15.0. The van der Waals surface area contributed by atoms with Crippen molar-refractivity contribution in [2.45, 2.75) is 26.2 Å². The average molecular weight is 352 g/mol. The Morgan fingerprint density at radius 1 is 0.960 bits per heavy atom. The van der Waals surface area contributed by atoms with Crippen LogP contribution in [0.3, 0.4) is 0 Å². The number of carbonyl (C=O) groups is 2. The van der Waals surface area contributed by atoms with E-state index >= 15 is 0 Å². The van der Waals surface area contributed by atoms with Crippen molar-refractivity contribution in [3.05, 3.63) is 24.3 Å². The van der Waals surface area contributed by atoms with E-state index in [1.807, 2.05) is 0 Å². The lowest BCUT2D eigenvalue weighted by atomic mass is 10.3. The molecule has 1 aromatic rings. The van der Waals surface area contributed by atoms with Crippen LogP contribution in [0.2, 0.25) is 0 Å². The number of rotatable bonds is 13. The minimum absolute atomic E-state index is 0.146. The molecule has 0 unspecified atom stereocenters. The zero-order chi connectivity index (χ0) is 18.3. The monoisotopic (exact) mass is 352 g/mol. The molecule has 0 radical (unpaired) electrons. The normalized spacial score (nSPS) is 10.3. The molecule has 25 heavy (non-hydrogen) atoms. The van der Waals surface area contributed by atoms with E-state index in [1.54, 1.807) is 31.4 Å². The van der Waals surface area contributed by atoms with E-state index in [4.69, 9.17) is 14.2 Å². The third-order valence-electron chi connectivity index (χ3n) is 3.27. The van der Waals surface area contributed by atoms with Gasteiger partial charge in [0.25, 0.3) is 0 Å². The maximum absolute atomic E-state index is 11.7. The minimum Gasteiger partial charge on any atom is -0.497 e. The largest absolute Gasteiger partial charge is 0.497 e. The molecule has 2 N–H and O–H groups in total. The summed E-state index contributed by atoms with van der Waals surface area (Å²) in [5, 5.41) is 5.40. The van der Waals surface area contributed by atoms with Crippen molar-refractivity contribution in [3.8, 4) is 5.75 Å². The second-order valence-corrected chi connectivity index (χ2v) is 5.44. The van der Waals surface area contributed by atoms with E-state index in [0.29, 0.717) is 24.6 Å². The standard InChI is InChI=1S/C18H28N2O5/c1-3-4-11-24-12-5-10-19-17(21)13-25-14-18(22)20-15-6-8-16(23-2)9-7-15/h6-9H,3-5,10-14H2,1-2H3,(H,19,21)(H,20,22). The Kier molecular flexibility index (Phi) is 11.0. The predicted molar refractivity (Wildman–Crippen MR) is 95.8 cm³/mol. The zero-order valence-electron chi connectivity index (χ0n) is 15.0. The van der Waals surface area contributed by atoms with Crippen molar-refractivity contribution in [2.75, 3.05) is 45.4 Å². The topological polar surface area (TPSA) is 85.9 Å². The highest BCUT2D eigenvalue weighted by Gasteiger charge is 2.06. The molecule has 1 rings (SSSR count). The summed E-state index contributed by atoms with van der Waals surface area (Å²) >= 11 is 0. The summed E-state index contributed by atoms with van der Waals surface area (Å²) in [5.74, 6) is 0.148. The summed E-state index contributed by atoms with van der Waals surface area (Å²) < 4.78 is 15.5. The lowest BCUT2D eigenvalue weighted by molar-refractivity contribution is -0.128. The second-order valence-electron chi connectivity index (χ2n) is 5.44. The maximum Gasteiger partial charge on any atom is 0.250 e. The van der Waals surface area contributed by atoms with E-state index in [2.05, 4.69) is 17.6 Å². The Morgan fingerprint density at radius 2 is 1.64 bits per heavy atom. The molecule has 7 nitrogen and oxygen atoms in total. The maximum atomic E-state index is 11.7. The van der Waals surface area contributed by atoms with Crippen LogP contribution in [0.15, 0.2) is 24.3 Å². The lowest BCUT2D eigenvalue weighted by Crippen LogP contribution is -2.30. The first-order chi connectivity index (χ1) is 12.2. The molecule has 2 amide bonds.